The lowest BCUT2D eigenvalue weighted by molar-refractivity contribution is 0.0984. The van der Waals surface area contributed by atoms with Crippen LogP contribution in [0.3, 0.4) is 0 Å². The smallest absolute Gasteiger partial charge is 0.175 e. The first-order valence-corrected chi connectivity index (χ1v) is 6.52. The minimum absolute atomic E-state index is 0.130. The third-order valence-electron chi connectivity index (χ3n) is 2.66. The van der Waals surface area contributed by atoms with Gasteiger partial charge in [0.05, 0.1) is 3.92 Å². The molecule has 3 heteroatoms. The van der Waals surface area contributed by atoms with Gasteiger partial charge < -0.3 is 4.74 Å². The second-order valence-corrected chi connectivity index (χ2v) is 5.29. The number of aryl methyl sites for hydroxylation is 1. The zero-order valence-electron chi connectivity index (χ0n) is 8.91. The van der Waals surface area contributed by atoms with Crippen LogP contribution in [-0.2, 0) is 6.42 Å². The number of alkyl halides is 1. The number of hydrogen-bond donors (Lipinski definition) is 0. The fourth-order valence-corrected chi connectivity index (χ4v) is 2.49. The fourth-order valence-electron chi connectivity index (χ4n) is 1.84. The Kier molecular flexibility index (Phi) is 3.63. The summed E-state index contributed by atoms with van der Waals surface area (Å²) in [6.07, 6.45) is 3.60. The molecule has 1 atom stereocenters. The van der Waals surface area contributed by atoms with E-state index >= 15 is 0 Å². The van der Waals surface area contributed by atoms with Crippen molar-refractivity contribution in [1.29, 1.82) is 0 Å². The Bertz CT molecular complexity index is 426. The summed E-state index contributed by atoms with van der Waals surface area (Å²) < 4.78 is 5.58. The highest BCUT2D eigenvalue weighted by molar-refractivity contribution is 14.1. The summed E-state index contributed by atoms with van der Waals surface area (Å²) in [5, 5.41) is 0. The van der Waals surface area contributed by atoms with Crippen molar-refractivity contribution in [1.82, 2.24) is 0 Å². The van der Waals surface area contributed by atoms with Crippen molar-refractivity contribution < 1.29 is 9.53 Å². The molecule has 0 aliphatic heterocycles. The summed E-state index contributed by atoms with van der Waals surface area (Å²) in [5.74, 6) is 1.07. The highest BCUT2D eigenvalue weighted by atomic mass is 127. The van der Waals surface area contributed by atoms with E-state index in [0.717, 1.165) is 29.7 Å². The van der Waals surface area contributed by atoms with E-state index in [1.54, 1.807) is 6.08 Å². The number of Topliss-reactive ketones (excluding diaryl/α,β-unsaturated/α-hetero) is 1. The van der Waals surface area contributed by atoms with E-state index in [9.17, 15) is 4.79 Å². The molecule has 16 heavy (non-hydrogen) atoms. The van der Waals surface area contributed by atoms with Gasteiger partial charge in [-0.3, -0.25) is 4.79 Å². The Balaban J connectivity index is 2.26. The molecule has 1 aromatic rings. The highest BCUT2D eigenvalue weighted by Crippen LogP contribution is 2.28. The molecule has 2 rings (SSSR count). The van der Waals surface area contributed by atoms with Crippen molar-refractivity contribution in [3.8, 4) is 5.75 Å². The molecule has 0 bridgehead atoms. The van der Waals surface area contributed by atoms with Crippen molar-refractivity contribution in [2.45, 2.75) is 16.8 Å². The number of ketones is 1. The van der Waals surface area contributed by atoms with Crippen LogP contribution in [0.25, 0.3) is 0 Å². The van der Waals surface area contributed by atoms with Gasteiger partial charge in [0.1, 0.15) is 12.4 Å². The average molecular weight is 328 g/mol. The van der Waals surface area contributed by atoms with Gasteiger partial charge in [-0.25, -0.2) is 0 Å². The Labute approximate surface area is 109 Å². The SMILES string of the molecule is C=CCOc1ccc2c(c1)CCC(I)C2=O. The molecule has 0 spiro atoms. The molecule has 1 unspecified atom stereocenters. The van der Waals surface area contributed by atoms with Crippen molar-refractivity contribution >= 4 is 28.4 Å². The lowest BCUT2D eigenvalue weighted by Gasteiger charge is -2.19. The molecular weight excluding hydrogens is 315 g/mol. The number of ether oxygens (including phenoxy) is 1. The van der Waals surface area contributed by atoms with Gasteiger partial charge >= 0.3 is 0 Å². The molecule has 0 fully saturated rings. The topological polar surface area (TPSA) is 26.3 Å². The third-order valence-corrected chi connectivity index (χ3v) is 3.85. The molecule has 0 amide bonds. The predicted molar refractivity (Wildman–Crippen MR) is 72.6 cm³/mol. The van der Waals surface area contributed by atoms with Crippen LogP contribution in [0.15, 0.2) is 30.9 Å². The van der Waals surface area contributed by atoms with E-state index in [0.29, 0.717) is 6.61 Å². The number of halogens is 1. The Morgan fingerprint density at radius 2 is 2.38 bits per heavy atom. The largest absolute Gasteiger partial charge is 0.490 e. The maximum atomic E-state index is 11.9. The minimum atomic E-state index is 0.130. The van der Waals surface area contributed by atoms with E-state index in [1.165, 1.54) is 0 Å². The molecule has 0 heterocycles. The second-order valence-electron chi connectivity index (χ2n) is 3.79. The standard InChI is InChI=1S/C13H13IO2/c1-2-7-16-10-4-5-11-9(8-10)3-6-12(14)13(11)15/h2,4-5,8,12H,1,3,6-7H2. The Morgan fingerprint density at radius 3 is 3.12 bits per heavy atom. The van der Waals surface area contributed by atoms with Gasteiger partial charge in [-0.15, -0.1) is 0 Å². The van der Waals surface area contributed by atoms with Gasteiger partial charge in [0, 0.05) is 5.56 Å². The summed E-state index contributed by atoms with van der Waals surface area (Å²) in [6.45, 7) is 4.11. The number of carbonyl (C=O) groups is 1. The summed E-state index contributed by atoms with van der Waals surface area (Å²) >= 11 is 2.22. The van der Waals surface area contributed by atoms with Crippen molar-refractivity contribution in [3.05, 3.63) is 42.0 Å². The van der Waals surface area contributed by atoms with Crippen LogP contribution in [0.1, 0.15) is 22.3 Å². The quantitative estimate of drug-likeness (QED) is 0.484. The van der Waals surface area contributed by atoms with Gasteiger partial charge in [-0.2, -0.15) is 0 Å². The third kappa shape index (κ3) is 2.29. The number of benzene rings is 1. The highest BCUT2D eigenvalue weighted by Gasteiger charge is 2.25. The van der Waals surface area contributed by atoms with E-state index in [2.05, 4.69) is 29.2 Å². The molecule has 1 aromatic carbocycles. The normalized spacial score (nSPS) is 19.1. The van der Waals surface area contributed by atoms with E-state index in [1.807, 2.05) is 18.2 Å². The summed E-state index contributed by atoms with van der Waals surface area (Å²) in [6, 6.07) is 5.70. The predicted octanol–water partition coefficient (Wildman–Crippen LogP) is 3.18. The van der Waals surface area contributed by atoms with Crippen LogP contribution in [0.4, 0.5) is 0 Å². The Morgan fingerprint density at radius 1 is 1.56 bits per heavy atom. The van der Waals surface area contributed by atoms with Crippen molar-refractivity contribution in [3.63, 3.8) is 0 Å². The average Bonchev–Trinajstić information content (AvgIpc) is 2.31. The summed E-state index contributed by atoms with van der Waals surface area (Å²) in [7, 11) is 0. The van der Waals surface area contributed by atoms with Gasteiger partial charge in [-0.05, 0) is 36.6 Å². The molecule has 2 nitrogen and oxygen atoms in total. The van der Waals surface area contributed by atoms with Gasteiger partial charge in [-0.1, -0.05) is 35.2 Å². The van der Waals surface area contributed by atoms with Crippen LogP contribution in [0, 0.1) is 0 Å². The van der Waals surface area contributed by atoms with Crippen LogP contribution >= 0.6 is 22.6 Å². The molecular formula is C13H13IO2. The van der Waals surface area contributed by atoms with Crippen LogP contribution < -0.4 is 4.74 Å². The maximum absolute atomic E-state index is 11.9. The number of carbonyl (C=O) groups excluding carboxylic acids is 1. The van der Waals surface area contributed by atoms with Crippen molar-refractivity contribution in [2.75, 3.05) is 6.61 Å². The molecule has 0 N–H and O–H groups in total. The Hall–Kier alpha value is -0.840. The lowest BCUT2D eigenvalue weighted by Crippen LogP contribution is -2.22. The first-order valence-electron chi connectivity index (χ1n) is 5.27. The number of fused-ring (bicyclic) bond motifs is 1. The molecule has 1 aliphatic carbocycles. The van der Waals surface area contributed by atoms with E-state index in [-0.39, 0.29) is 9.71 Å². The molecule has 1 aliphatic rings. The minimum Gasteiger partial charge on any atom is -0.490 e. The zero-order chi connectivity index (χ0) is 11.5. The number of rotatable bonds is 3. The van der Waals surface area contributed by atoms with Crippen LogP contribution in [0.2, 0.25) is 0 Å². The number of hydrogen-bond acceptors (Lipinski definition) is 2. The van der Waals surface area contributed by atoms with Crippen LogP contribution in [0.5, 0.6) is 5.75 Å². The molecule has 84 valence electrons. The van der Waals surface area contributed by atoms with Crippen LogP contribution in [-0.4, -0.2) is 16.3 Å². The lowest BCUT2D eigenvalue weighted by atomic mass is 9.90. The fraction of sp³-hybridized carbons (Fsp3) is 0.308. The molecule has 0 saturated heterocycles. The van der Waals surface area contributed by atoms with E-state index in [4.69, 9.17) is 4.74 Å². The monoisotopic (exact) mass is 328 g/mol. The molecule has 0 saturated carbocycles. The van der Waals surface area contributed by atoms with E-state index < -0.39 is 0 Å². The molecule has 0 radical (unpaired) electrons. The summed E-state index contributed by atoms with van der Waals surface area (Å²) in [5.41, 5.74) is 1.97. The first kappa shape index (κ1) is 11.6. The zero-order valence-corrected chi connectivity index (χ0v) is 11.1. The maximum Gasteiger partial charge on any atom is 0.175 e. The van der Waals surface area contributed by atoms with Crippen molar-refractivity contribution in [2.24, 2.45) is 0 Å². The molecule has 0 aromatic heterocycles. The summed E-state index contributed by atoms with van der Waals surface area (Å²) in [4.78, 5) is 11.9. The second kappa shape index (κ2) is 4.99. The van der Waals surface area contributed by atoms with Gasteiger partial charge in [0.15, 0.2) is 5.78 Å². The van der Waals surface area contributed by atoms with Gasteiger partial charge in [0.25, 0.3) is 0 Å². The first-order chi connectivity index (χ1) is 7.72. The van der Waals surface area contributed by atoms with Gasteiger partial charge in [0.2, 0.25) is 0 Å².